The summed E-state index contributed by atoms with van der Waals surface area (Å²) in [6.07, 6.45) is 0.998. The Morgan fingerprint density at radius 1 is 1.07 bits per heavy atom. The van der Waals surface area contributed by atoms with E-state index in [0.717, 1.165) is 13.0 Å². The molecule has 0 radical (unpaired) electrons. The van der Waals surface area contributed by atoms with Gasteiger partial charge in [-0.3, -0.25) is 0 Å². The van der Waals surface area contributed by atoms with Crippen molar-refractivity contribution < 1.29 is 4.74 Å². The molecular formula is C13H20O. The molecule has 78 valence electrons. The van der Waals surface area contributed by atoms with Crippen LogP contribution < -0.4 is 0 Å². The zero-order valence-electron chi connectivity index (χ0n) is 9.63. The molecule has 1 rings (SSSR count). The molecule has 0 aromatic heterocycles. The lowest BCUT2D eigenvalue weighted by molar-refractivity contribution is -0.000977. The highest BCUT2D eigenvalue weighted by Gasteiger charge is 2.08. The summed E-state index contributed by atoms with van der Waals surface area (Å²) >= 11 is 0. The summed E-state index contributed by atoms with van der Waals surface area (Å²) < 4.78 is 5.66. The summed E-state index contributed by atoms with van der Waals surface area (Å²) in [5.74, 6) is 0. The van der Waals surface area contributed by atoms with Gasteiger partial charge in [0, 0.05) is 0 Å². The molecule has 0 amide bonds. The van der Waals surface area contributed by atoms with Crippen molar-refractivity contribution in [2.75, 3.05) is 6.61 Å². The third kappa shape index (κ3) is 4.43. The number of rotatable bonds is 3. The second kappa shape index (κ2) is 4.61. The van der Waals surface area contributed by atoms with Crippen molar-refractivity contribution in [3.8, 4) is 0 Å². The lowest BCUT2D eigenvalue weighted by Gasteiger charge is -2.19. The monoisotopic (exact) mass is 192 g/mol. The third-order valence-electron chi connectivity index (χ3n) is 2.05. The fourth-order valence-electron chi connectivity index (χ4n) is 1.23. The van der Waals surface area contributed by atoms with E-state index in [1.165, 1.54) is 11.1 Å². The zero-order chi connectivity index (χ0) is 10.6. The second-order valence-corrected chi connectivity index (χ2v) is 4.70. The quantitative estimate of drug-likeness (QED) is 0.713. The Labute approximate surface area is 87.1 Å². The van der Waals surface area contributed by atoms with E-state index in [1.807, 2.05) is 0 Å². The van der Waals surface area contributed by atoms with Crippen LogP contribution >= 0.6 is 0 Å². The number of hydrogen-bond acceptors (Lipinski definition) is 1. The van der Waals surface area contributed by atoms with Crippen molar-refractivity contribution in [3.05, 3.63) is 35.4 Å². The van der Waals surface area contributed by atoms with Gasteiger partial charge in [0.1, 0.15) is 0 Å². The molecule has 0 saturated heterocycles. The van der Waals surface area contributed by atoms with E-state index in [9.17, 15) is 0 Å². The molecule has 1 aromatic carbocycles. The summed E-state index contributed by atoms with van der Waals surface area (Å²) in [5.41, 5.74) is 2.63. The highest BCUT2D eigenvalue weighted by molar-refractivity contribution is 5.21. The van der Waals surface area contributed by atoms with Crippen LogP contribution in [0.25, 0.3) is 0 Å². The normalized spacial score (nSPS) is 11.7. The fraction of sp³-hybridized carbons (Fsp3) is 0.538. The molecule has 0 aliphatic rings. The molecule has 0 saturated carbocycles. The van der Waals surface area contributed by atoms with Crippen molar-refractivity contribution in [2.45, 2.75) is 39.7 Å². The van der Waals surface area contributed by atoms with Gasteiger partial charge >= 0.3 is 0 Å². The van der Waals surface area contributed by atoms with Gasteiger partial charge in [-0.25, -0.2) is 0 Å². The number of benzene rings is 1. The molecule has 0 unspecified atom stereocenters. The van der Waals surface area contributed by atoms with E-state index in [1.54, 1.807) is 0 Å². The van der Waals surface area contributed by atoms with Crippen molar-refractivity contribution in [3.63, 3.8) is 0 Å². The standard InChI is InChI=1S/C13H20O/c1-11-5-7-12(8-6-11)9-10-14-13(2,3)4/h5-8H,9-10H2,1-4H3. The van der Waals surface area contributed by atoms with Gasteiger partial charge in [-0.05, 0) is 39.7 Å². The minimum absolute atomic E-state index is 0.0231. The van der Waals surface area contributed by atoms with Crippen LogP contribution in [0.5, 0.6) is 0 Å². The van der Waals surface area contributed by atoms with E-state index in [0.29, 0.717) is 0 Å². The Balaban J connectivity index is 2.35. The van der Waals surface area contributed by atoms with Crippen LogP contribution in [0.3, 0.4) is 0 Å². The fourth-order valence-corrected chi connectivity index (χ4v) is 1.23. The van der Waals surface area contributed by atoms with Gasteiger partial charge in [0.2, 0.25) is 0 Å². The van der Waals surface area contributed by atoms with E-state index >= 15 is 0 Å². The van der Waals surface area contributed by atoms with E-state index in [4.69, 9.17) is 4.74 Å². The maximum absolute atomic E-state index is 5.66. The Morgan fingerprint density at radius 2 is 1.64 bits per heavy atom. The van der Waals surface area contributed by atoms with Gasteiger partial charge < -0.3 is 4.74 Å². The molecule has 0 aliphatic heterocycles. The summed E-state index contributed by atoms with van der Waals surface area (Å²) in [6, 6.07) is 8.63. The van der Waals surface area contributed by atoms with E-state index in [-0.39, 0.29) is 5.60 Å². The molecule has 1 nitrogen and oxygen atoms in total. The van der Waals surface area contributed by atoms with Crippen LogP contribution in [0.1, 0.15) is 31.9 Å². The van der Waals surface area contributed by atoms with Crippen LogP contribution in [0.4, 0.5) is 0 Å². The largest absolute Gasteiger partial charge is 0.376 e. The summed E-state index contributed by atoms with van der Waals surface area (Å²) in [5, 5.41) is 0. The van der Waals surface area contributed by atoms with Gasteiger partial charge in [-0.15, -0.1) is 0 Å². The first-order valence-corrected chi connectivity index (χ1v) is 5.17. The smallest absolute Gasteiger partial charge is 0.0598 e. The predicted molar refractivity (Wildman–Crippen MR) is 60.6 cm³/mol. The zero-order valence-corrected chi connectivity index (χ0v) is 9.63. The molecular weight excluding hydrogens is 172 g/mol. The third-order valence-corrected chi connectivity index (χ3v) is 2.05. The summed E-state index contributed by atoms with van der Waals surface area (Å²) in [6.45, 7) is 9.16. The molecule has 0 N–H and O–H groups in total. The van der Waals surface area contributed by atoms with Crippen LogP contribution in [-0.2, 0) is 11.2 Å². The summed E-state index contributed by atoms with van der Waals surface area (Å²) in [4.78, 5) is 0. The molecule has 0 bridgehead atoms. The van der Waals surface area contributed by atoms with Crippen LogP contribution in [-0.4, -0.2) is 12.2 Å². The Hall–Kier alpha value is -0.820. The topological polar surface area (TPSA) is 9.23 Å². The minimum Gasteiger partial charge on any atom is -0.376 e. The molecule has 0 atom stereocenters. The average molecular weight is 192 g/mol. The first-order chi connectivity index (χ1) is 6.47. The van der Waals surface area contributed by atoms with Crippen LogP contribution in [0, 0.1) is 6.92 Å². The molecule has 0 fully saturated rings. The highest BCUT2D eigenvalue weighted by atomic mass is 16.5. The van der Waals surface area contributed by atoms with Gasteiger partial charge in [0.05, 0.1) is 12.2 Å². The van der Waals surface area contributed by atoms with Gasteiger partial charge in [0.15, 0.2) is 0 Å². The minimum atomic E-state index is -0.0231. The van der Waals surface area contributed by atoms with Gasteiger partial charge in [0.25, 0.3) is 0 Å². The molecule has 0 spiro atoms. The van der Waals surface area contributed by atoms with Crippen molar-refractivity contribution >= 4 is 0 Å². The number of aryl methyl sites for hydroxylation is 1. The number of ether oxygens (including phenoxy) is 1. The van der Waals surface area contributed by atoms with Crippen molar-refractivity contribution in [1.29, 1.82) is 0 Å². The Morgan fingerprint density at radius 3 is 2.14 bits per heavy atom. The molecule has 1 heteroatoms. The van der Waals surface area contributed by atoms with Gasteiger partial charge in [-0.1, -0.05) is 29.8 Å². The van der Waals surface area contributed by atoms with Crippen LogP contribution in [0.15, 0.2) is 24.3 Å². The Bertz CT molecular complexity index is 266. The van der Waals surface area contributed by atoms with Crippen molar-refractivity contribution in [1.82, 2.24) is 0 Å². The van der Waals surface area contributed by atoms with E-state index in [2.05, 4.69) is 52.0 Å². The van der Waals surface area contributed by atoms with Crippen molar-refractivity contribution in [2.24, 2.45) is 0 Å². The average Bonchev–Trinajstić information content (AvgIpc) is 2.06. The van der Waals surface area contributed by atoms with Gasteiger partial charge in [-0.2, -0.15) is 0 Å². The SMILES string of the molecule is Cc1ccc(CCOC(C)(C)C)cc1. The lowest BCUT2D eigenvalue weighted by atomic mass is 10.1. The first-order valence-electron chi connectivity index (χ1n) is 5.17. The maximum Gasteiger partial charge on any atom is 0.0598 e. The summed E-state index contributed by atoms with van der Waals surface area (Å²) in [7, 11) is 0. The lowest BCUT2D eigenvalue weighted by Crippen LogP contribution is -2.20. The molecule has 0 aliphatic carbocycles. The predicted octanol–water partition coefficient (Wildman–Crippen LogP) is 3.35. The van der Waals surface area contributed by atoms with Crippen LogP contribution in [0.2, 0.25) is 0 Å². The number of hydrogen-bond donors (Lipinski definition) is 0. The molecule has 0 heterocycles. The second-order valence-electron chi connectivity index (χ2n) is 4.70. The highest BCUT2D eigenvalue weighted by Crippen LogP contribution is 2.09. The maximum atomic E-state index is 5.66. The first kappa shape index (κ1) is 11.3. The molecule has 14 heavy (non-hydrogen) atoms. The Kier molecular flexibility index (Phi) is 3.70. The molecule has 1 aromatic rings. The van der Waals surface area contributed by atoms with E-state index < -0.39 is 0 Å².